The molecule has 13 heavy (non-hydrogen) atoms. The van der Waals surface area contributed by atoms with Crippen molar-refractivity contribution < 1.29 is 32.1 Å². The van der Waals surface area contributed by atoms with Gasteiger partial charge in [0.2, 0.25) is 0 Å². The Bertz CT molecular complexity index is 52.1. The molecular weight excluding hydrogens is 249 g/mol. The molecule has 0 amide bonds. The Hall–Kier alpha value is 0.580. The summed E-state index contributed by atoms with van der Waals surface area (Å²) in [5, 5.41) is 0. The normalized spacial score (nSPS) is 8.31. The van der Waals surface area contributed by atoms with E-state index in [9.17, 15) is 0 Å². The van der Waals surface area contributed by atoms with Gasteiger partial charge >= 0.3 is 22.4 Å². The van der Waals surface area contributed by atoms with E-state index < -0.39 is 0 Å². The molecule has 5 heteroatoms. The number of nitrogens with zero attached hydrogens (tertiary/aromatic N) is 2. The Balaban J connectivity index is -0.000000143. The SMILES string of the molecule is CC[N-]OCC.CC[N-]OCC.[Nb+2]. The largest absolute Gasteiger partial charge is 2.00 e. The van der Waals surface area contributed by atoms with Crippen LogP contribution in [0.25, 0.3) is 11.0 Å². The van der Waals surface area contributed by atoms with Gasteiger partial charge in [-0.3, -0.25) is 0 Å². The molecule has 0 aromatic heterocycles. The van der Waals surface area contributed by atoms with E-state index in [0.29, 0.717) is 13.2 Å². The smallest absolute Gasteiger partial charge is 0.534 e. The first-order valence-electron chi connectivity index (χ1n) is 4.40. The summed E-state index contributed by atoms with van der Waals surface area (Å²) in [7, 11) is 0. The fourth-order valence-corrected chi connectivity index (χ4v) is 0.365. The third-order valence-corrected chi connectivity index (χ3v) is 0.699. The third kappa shape index (κ3) is 32.5. The van der Waals surface area contributed by atoms with Crippen molar-refractivity contribution in [3.63, 3.8) is 0 Å². The van der Waals surface area contributed by atoms with Crippen molar-refractivity contribution in [3.8, 4) is 0 Å². The maximum absolute atomic E-state index is 4.61. The number of hydroxylamine groups is 2. The second-order valence-electron chi connectivity index (χ2n) is 1.73. The van der Waals surface area contributed by atoms with Crippen LogP contribution in [-0.2, 0) is 32.1 Å². The van der Waals surface area contributed by atoms with Crippen molar-refractivity contribution in [1.29, 1.82) is 0 Å². The number of rotatable bonds is 6. The van der Waals surface area contributed by atoms with E-state index in [1.54, 1.807) is 0 Å². The molecule has 0 unspecified atom stereocenters. The third-order valence-electron chi connectivity index (χ3n) is 0.699. The van der Waals surface area contributed by atoms with Gasteiger partial charge in [-0.25, -0.2) is 0 Å². The van der Waals surface area contributed by atoms with Crippen LogP contribution in [0.3, 0.4) is 0 Å². The summed E-state index contributed by atoms with van der Waals surface area (Å²) in [5.41, 5.74) is 7.18. The zero-order valence-electron chi connectivity index (χ0n) is 8.99. The van der Waals surface area contributed by atoms with E-state index in [4.69, 9.17) is 0 Å². The monoisotopic (exact) mass is 269 g/mol. The molecule has 0 spiro atoms. The van der Waals surface area contributed by atoms with Gasteiger partial charge in [-0.2, -0.15) is 0 Å². The minimum absolute atomic E-state index is 0. The van der Waals surface area contributed by atoms with E-state index in [2.05, 4.69) is 20.6 Å². The summed E-state index contributed by atoms with van der Waals surface area (Å²) in [6.07, 6.45) is 0. The predicted molar refractivity (Wildman–Crippen MR) is 51.1 cm³/mol. The molecule has 0 N–H and O–H groups in total. The molecule has 1 radical (unpaired) electrons. The van der Waals surface area contributed by atoms with Crippen LogP contribution in [0.4, 0.5) is 0 Å². The maximum Gasteiger partial charge on any atom is 2.00 e. The van der Waals surface area contributed by atoms with Crippen molar-refractivity contribution >= 4 is 0 Å². The summed E-state index contributed by atoms with van der Waals surface area (Å²) in [6, 6.07) is 0. The second kappa shape index (κ2) is 22.9. The van der Waals surface area contributed by atoms with Crippen LogP contribution in [-0.4, -0.2) is 26.3 Å². The van der Waals surface area contributed by atoms with Gasteiger partial charge < -0.3 is 20.6 Å². The molecule has 0 aromatic carbocycles. The van der Waals surface area contributed by atoms with Crippen LogP contribution in [0.1, 0.15) is 27.7 Å². The van der Waals surface area contributed by atoms with Crippen molar-refractivity contribution in [2.75, 3.05) is 26.3 Å². The molecule has 0 bridgehead atoms. The average molecular weight is 269 g/mol. The van der Waals surface area contributed by atoms with Gasteiger partial charge in [-0.1, -0.05) is 13.8 Å². The van der Waals surface area contributed by atoms with Crippen LogP contribution < -0.4 is 0 Å². The minimum Gasteiger partial charge on any atom is -0.534 e. The Labute approximate surface area is 97.2 Å². The molecule has 0 fully saturated rings. The molecule has 0 aromatic rings. The molecular formula is C8H20N2NbO2. The van der Waals surface area contributed by atoms with Crippen LogP contribution in [0.15, 0.2) is 0 Å². The van der Waals surface area contributed by atoms with Gasteiger partial charge in [-0.15, -0.1) is 13.1 Å². The van der Waals surface area contributed by atoms with Gasteiger partial charge in [-0.05, 0) is 13.8 Å². The molecule has 0 atom stereocenters. The van der Waals surface area contributed by atoms with Crippen LogP contribution >= 0.6 is 0 Å². The van der Waals surface area contributed by atoms with Gasteiger partial charge in [0.25, 0.3) is 0 Å². The zero-order valence-corrected chi connectivity index (χ0v) is 11.2. The van der Waals surface area contributed by atoms with Crippen LogP contribution in [0.5, 0.6) is 0 Å². The number of hydrogen-bond donors (Lipinski definition) is 0. The topological polar surface area (TPSA) is 46.7 Å². The van der Waals surface area contributed by atoms with Gasteiger partial charge in [0.05, 0.1) is 0 Å². The molecule has 4 nitrogen and oxygen atoms in total. The maximum atomic E-state index is 4.61. The van der Waals surface area contributed by atoms with Gasteiger partial charge in [0.15, 0.2) is 0 Å². The molecule has 0 saturated carbocycles. The predicted octanol–water partition coefficient (Wildman–Crippen LogP) is 2.66. The second-order valence-corrected chi connectivity index (χ2v) is 1.73. The van der Waals surface area contributed by atoms with Crippen LogP contribution in [0.2, 0.25) is 0 Å². The first kappa shape index (κ1) is 19.2. The fraction of sp³-hybridized carbons (Fsp3) is 1.00. The van der Waals surface area contributed by atoms with Gasteiger partial charge in [0.1, 0.15) is 0 Å². The van der Waals surface area contributed by atoms with Crippen molar-refractivity contribution in [2.24, 2.45) is 0 Å². The van der Waals surface area contributed by atoms with E-state index >= 15 is 0 Å². The Morgan fingerprint density at radius 3 is 1.15 bits per heavy atom. The quantitative estimate of drug-likeness (QED) is 0.423. The van der Waals surface area contributed by atoms with E-state index in [-0.39, 0.29) is 22.4 Å². The van der Waals surface area contributed by atoms with Crippen molar-refractivity contribution in [3.05, 3.63) is 11.0 Å². The molecule has 0 aliphatic rings. The standard InChI is InChI=1S/2C4H10NO.Nb/c2*1-3-5-6-4-2;/h2*3-4H2,1-2H3;/q2*-1;+2. The van der Waals surface area contributed by atoms with Crippen molar-refractivity contribution in [1.82, 2.24) is 0 Å². The summed E-state index contributed by atoms with van der Waals surface area (Å²) < 4.78 is 0. The van der Waals surface area contributed by atoms with Crippen molar-refractivity contribution in [2.45, 2.75) is 27.7 Å². The van der Waals surface area contributed by atoms with Gasteiger partial charge in [0, 0.05) is 13.2 Å². The summed E-state index contributed by atoms with van der Waals surface area (Å²) in [6.45, 7) is 10.6. The van der Waals surface area contributed by atoms with E-state index in [1.807, 2.05) is 27.7 Å². The number of hydrogen-bond acceptors (Lipinski definition) is 2. The molecule has 0 aliphatic heterocycles. The van der Waals surface area contributed by atoms with Crippen LogP contribution in [0, 0.1) is 0 Å². The minimum atomic E-state index is 0. The molecule has 0 heterocycles. The molecule has 0 rings (SSSR count). The summed E-state index contributed by atoms with van der Waals surface area (Å²) >= 11 is 0. The Kier molecular flexibility index (Phi) is 33.8. The first-order valence-corrected chi connectivity index (χ1v) is 4.40. The summed E-state index contributed by atoms with van der Waals surface area (Å²) in [4.78, 5) is 9.22. The average Bonchev–Trinajstić information content (AvgIpc) is 2.12. The summed E-state index contributed by atoms with van der Waals surface area (Å²) in [5.74, 6) is 0. The zero-order chi connectivity index (χ0) is 9.66. The molecule has 0 aliphatic carbocycles. The van der Waals surface area contributed by atoms with E-state index in [0.717, 1.165) is 13.1 Å². The molecule has 0 saturated heterocycles. The Morgan fingerprint density at radius 2 is 1.08 bits per heavy atom. The molecule has 79 valence electrons. The fourth-order valence-electron chi connectivity index (χ4n) is 0.365. The van der Waals surface area contributed by atoms with E-state index in [1.165, 1.54) is 0 Å². The first-order chi connectivity index (χ1) is 5.83. The Morgan fingerprint density at radius 1 is 0.769 bits per heavy atom.